The van der Waals surface area contributed by atoms with E-state index in [1.807, 2.05) is 6.07 Å². The van der Waals surface area contributed by atoms with Crippen LogP contribution in [0.5, 0.6) is 5.75 Å². The van der Waals surface area contributed by atoms with Crippen LogP contribution in [0.3, 0.4) is 0 Å². The minimum absolute atomic E-state index is 0.214. The Balaban J connectivity index is 2.18. The minimum Gasteiger partial charge on any atom is -0.508 e. The fraction of sp³-hybridized carbons (Fsp3) is 0.273. The zero-order valence-electron chi connectivity index (χ0n) is 8.85. The smallest absolute Gasteiger partial charge is 0.181 e. The number of nitrogens with zero attached hydrogens (tertiary/aromatic N) is 2. The van der Waals surface area contributed by atoms with Gasteiger partial charge in [0, 0.05) is 12.0 Å². The van der Waals surface area contributed by atoms with E-state index < -0.39 is 0 Å². The molecule has 0 fully saturated rings. The van der Waals surface area contributed by atoms with Crippen LogP contribution in [0.2, 0.25) is 0 Å². The maximum absolute atomic E-state index is 9.34. The van der Waals surface area contributed by atoms with Gasteiger partial charge < -0.3 is 10.8 Å². The molecule has 0 atom stereocenters. The highest BCUT2D eigenvalue weighted by Crippen LogP contribution is 2.19. The summed E-state index contributed by atoms with van der Waals surface area (Å²) in [7, 11) is 0. The summed E-state index contributed by atoms with van der Waals surface area (Å²) in [6.45, 7) is 0.641. The molecule has 5 nitrogen and oxygen atoms in total. The number of hydrogen-bond acceptors (Lipinski definition) is 4. The topological polar surface area (TPSA) is 87.8 Å². The van der Waals surface area contributed by atoms with E-state index in [9.17, 15) is 5.11 Å². The van der Waals surface area contributed by atoms with Crippen LogP contribution in [-0.4, -0.2) is 26.8 Å². The predicted molar refractivity (Wildman–Crippen MR) is 60.9 cm³/mol. The van der Waals surface area contributed by atoms with Crippen molar-refractivity contribution in [2.45, 2.75) is 12.8 Å². The molecular formula is C11H14N4O. The van der Waals surface area contributed by atoms with Gasteiger partial charge in [-0.3, -0.25) is 5.10 Å². The normalized spacial score (nSPS) is 10.6. The van der Waals surface area contributed by atoms with Crippen molar-refractivity contribution in [2.75, 3.05) is 6.54 Å². The fourth-order valence-corrected chi connectivity index (χ4v) is 1.45. The predicted octanol–water partition coefficient (Wildman–Crippen LogP) is 1.07. The Bertz CT molecular complexity index is 467. The molecule has 16 heavy (non-hydrogen) atoms. The fourth-order valence-electron chi connectivity index (χ4n) is 1.45. The van der Waals surface area contributed by atoms with Gasteiger partial charge in [-0.05, 0) is 25.1 Å². The molecule has 84 valence electrons. The van der Waals surface area contributed by atoms with Crippen molar-refractivity contribution in [3.8, 4) is 17.1 Å². The maximum Gasteiger partial charge on any atom is 0.181 e. The van der Waals surface area contributed by atoms with Gasteiger partial charge >= 0.3 is 0 Å². The van der Waals surface area contributed by atoms with E-state index in [0.717, 1.165) is 24.2 Å². The molecule has 0 aliphatic rings. The van der Waals surface area contributed by atoms with Gasteiger partial charge in [0.25, 0.3) is 0 Å². The molecule has 0 spiro atoms. The molecular weight excluding hydrogens is 204 g/mol. The van der Waals surface area contributed by atoms with Gasteiger partial charge in [0.15, 0.2) is 5.82 Å². The highest BCUT2D eigenvalue weighted by molar-refractivity contribution is 5.56. The standard InChI is InChI=1S/C11H14N4O/c12-6-2-5-10-13-11(15-14-10)8-3-1-4-9(16)7-8/h1,3-4,7,16H,2,5-6,12H2,(H,13,14,15). The number of H-pyrrole nitrogens is 1. The van der Waals surface area contributed by atoms with Crippen LogP contribution in [0, 0.1) is 0 Å². The SMILES string of the molecule is NCCCc1nc(-c2cccc(O)c2)n[nH]1. The molecule has 4 N–H and O–H groups in total. The molecule has 0 saturated carbocycles. The third-order valence-corrected chi connectivity index (χ3v) is 2.25. The first-order valence-corrected chi connectivity index (χ1v) is 5.20. The van der Waals surface area contributed by atoms with Gasteiger partial charge in [-0.1, -0.05) is 12.1 Å². The van der Waals surface area contributed by atoms with E-state index in [4.69, 9.17) is 5.73 Å². The summed E-state index contributed by atoms with van der Waals surface area (Å²) in [5, 5.41) is 16.3. The molecule has 0 aliphatic carbocycles. The van der Waals surface area contributed by atoms with E-state index in [-0.39, 0.29) is 5.75 Å². The summed E-state index contributed by atoms with van der Waals surface area (Å²) in [5.41, 5.74) is 6.22. The van der Waals surface area contributed by atoms with Crippen LogP contribution in [0.1, 0.15) is 12.2 Å². The monoisotopic (exact) mass is 218 g/mol. The molecule has 1 aromatic heterocycles. The molecule has 1 aromatic carbocycles. The summed E-state index contributed by atoms with van der Waals surface area (Å²) < 4.78 is 0. The number of aryl methyl sites for hydroxylation is 1. The number of rotatable bonds is 4. The second-order valence-electron chi connectivity index (χ2n) is 3.55. The number of nitrogens with one attached hydrogen (secondary N) is 1. The second kappa shape index (κ2) is 4.76. The van der Waals surface area contributed by atoms with Crippen LogP contribution in [0.4, 0.5) is 0 Å². The Morgan fingerprint density at radius 3 is 3.00 bits per heavy atom. The molecule has 0 saturated heterocycles. The quantitative estimate of drug-likeness (QED) is 0.716. The number of phenolic OH excluding ortho intramolecular Hbond substituents is 1. The van der Waals surface area contributed by atoms with Gasteiger partial charge in [0.1, 0.15) is 11.6 Å². The lowest BCUT2D eigenvalue weighted by Crippen LogP contribution is -2.01. The number of aromatic hydroxyl groups is 1. The number of aromatic nitrogens is 3. The Morgan fingerprint density at radius 1 is 1.38 bits per heavy atom. The second-order valence-corrected chi connectivity index (χ2v) is 3.55. The molecule has 0 amide bonds. The summed E-state index contributed by atoms with van der Waals surface area (Å²) in [6, 6.07) is 6.87. The number of hydrogen-bond donors (Lipinski definition) is 3. The largest absolute Gasteiger partial charge is 0.508 e. The zero-order chi connectivity index (χ0) is 11.4. The van der Waals surface area contributed by atoms with Gasteiger partial charge in [0.2, 0.25) is 0 Å². The summed E-state index contributed by atoms with van der Waals surface area (Å²) in [4.78, 5) is 4.33. The molecule has 0 unspecified atom stereocenters. The zero-order valence-corrected chi connectivity index (χ0v) is 8.85. The Hall–Kier alpha value is -1.88. The third-order valence-electron chi connectivity index (χ3n) is 2.25. The first-order valence-electron chi connectivity index (χ1n) is 5.20. The minimum atomic E-state index is 0.214. The number of benzene rings is 1. The van der Waals surface area contributed by atoms with Crippen molar-refractivity contribution >= 4 is 0 Å². The van der Waals surface area contributed by atoms with Crippen LogP contribution in [0.25, 0.3) is 11.4 Å². The molecule has 0 radical (unpaired) electrons. The Labute approximate surface area is 93.3 Å². The third kappa shape index (κ3) is 2.38. The van der Waals surface area contributed by atoms with Crippen molar-refractivity contribution in [2.24, 2.45) is 5.73 Å². The molecule has 2 rings (SSSR count). The molecule has 1 heterocycles. The summed E-state index contributed by atoms with van der Waals surface area (Å²) >= 11 is 0. The van der Waals surface area contributed by atoms with E-state index in [1.54, 1.807) is 18.2 Å². The van der Waals surface area contributed by atoms with Gasteiger partial charge in [0.05, 0.1) is 0 Å². The van der Waals surface area contributed by atoms with Crippen molar-refractivity contribution < 1.29 is 5.11 Å². The van der Waals surface area contributed by atoms with Crippen molar-refractivity contribution in [3.63, 3.8) is 0 Å². The van der Waals surface area contributed by atoms with Gasteiger partial charge in [-0.15, -0.1) is 0 Å². The van der Waals surface area contributed by atoms with Gasteiger partial charge in [-0.25, -0.2) is 4.98 Å². The average molecular weight is 218 g/mol. The van der Waals surface area contributed by atoms with E-state index in [1.165, 1.54) is 0 Å². The molecule has 0 bridgehead atoms. The first kappa shape index (κ1) is 10.6. The number of nitrogens with two attached hydrogens (primary N) is 1. The van der Waals surface area contributed by atoms with Crippen LogP contribution >= 0.6 is 0 Å². The van der Waals surface area contributed by atoms with Crippen LogP contribution in [-0.2, 0) is 6.42 Å². The molecule has 2 aromatic rings. The number of phenols is 1. The first-order chi connectivity index (χ1) is 7.79. The van der Waals surface area contributed by atoms with Crippen molar-refractivity contribution in [3.05, 3.63) is 30.1 Å². The van der Waals surface area contributed by atoms with Crippen LogP contribution < -0.4 is 5.73 Å². The lowest BCUT2D eigenvalue weighted by molar-refractivity contribution is 0.475. The van der Waals surface area contributed by atoms with Crippen molar-refractivity contribution in [1.29, 1.82) is 0 Å². The lowest BCUT2D eigenvalue weighted by Gasteiger charge is -1.95. The summed E-state index contributed by atoms with van der Waals surface area (Å²) in [5.74, 6) is 1.64. The Morgan fingerprint density at radius 2 is 2.25 bits per heavy atom. The molecule has 0 aliphatic heterocycles. The van der Waals surface area contributed by atoms with E-state index >= 15 is 0 Å². The van der Waals surface area contributed by atoms with Gasteiger partial charge in [-0.2, -0.15) is 5.10 Å². The van der Waals surface area contributed by atoms with E-state index in [0.29, 0.717) is 12.4 Å². The average Bonchev–Trinajstić information content (AvgIpc) is 2.75. The molecule has 5 heteroatoms. The highest BCUT2D eigenvalue weighted by Gasteiger charge is 2.05. The Kier molecular flexibility index (Phi) is 3.16. The summed E-state index contributed by atoms with van der Waals surface area (Å²) in [6.07, 6.45) is 1.68. The lowest BCUT2D eigenvalue weighted by atomic mass is 10.2. The number of aromatic amines is 1. The maximum atomic E-state index is 9.34. The van der Waals surface area contributed by atoms with E-state index in [2.05, 4.69) is 15.2 Å². The van der Waals surface area contributed by atoms with Crippen molar-refractivity contribution in [1.82, 2.24) is 15.2 Å². The van der Waals surface area contributed by atoms with Crippen LogP contribution in [0.15, 0.2) is 24.3 Å². The highest BCUT2D eigenvalue weighted by atomic mass is 16.3.